The van der Waals surface area contributed by atoms with Gasteiger partial charge in [0.25, 0.3) is 5.91 Å². The highest BCUT2D eigenvalue weighted by Gasteiger charge is 2.25. The van der Waals surface area contributed by atoms with Crippen LogP contribution in [0.2, 0.25) is 0 Å². The molecule has 0 fully saturated rings. The van der Waals surface area contributed by atoms with E-state index in [-0.39, 0.29) is 16.6 Å². The van der Waals surface area contributed by atoms with Crippen molar-refractivity contribution in [3.8, 4) is 0 Å². The van der Waals surface area contributed by atoms with Crippen LogP contribution in [-0.2, 0) is 4.79 Å². The monoisotopic (exact) mass is 421 g/mol. The fourth-order valence-corrected chi connectivity index (χ4v) is 3.37. The van der Waals surface area contributed by atoms with Gasteiger partial charge in [0.15, 0.2) is 0 Å². The number of amides is 1. The number of benzene rings is 2. The number of carbonyl (C=O) groups is 2. The van der Waals surface area contributed by atoms with Crippen LogP contribution < -0.4 is 10.2 Å². The van der Waals surface area contributed by atoms with Gasteiger partial charge in [-0.1, -0.05) is 29.8 Å². The summed E-state index contributed by atoms with van der Waals surface area (Å²) in [7, 11) is 0. The molecular formula is C24H24ClN3O2. The first-order chi connectivity index (χ1) is 14.4. The van der Waals surface area contributed by atoms with Gasteiger partial charge in [0.05, 0.1) is 22.1 Å². The van der Waals surface area contributed by atoms with Crippen LogP contribution in [0.1, 0.15) is 31.1 Å². The van der Waals surface area contributed by atoms with Gasteiger partial charge in [-0.3, -0.25) is 9.59 Å². The number of ketones is 1. The first-order valence-electron chi connectivity index (χ1n) is 9.87. The summed E-state index contributed by atoms with van der Waals surface area (Å²) in [5.74, 6) is -0.795. The van der Waals surface area contributed by atoms with Crippen molar-refractivity contribution >= 4 is 40.4 Å². The van der Waals surface area contributed by atoms with Crippen molar-refractivity contribution in [2.75, 3.05) is 18.0 Å². The molecule has 0 radical (unpaired) electrons. The zero-order valence-electron chi connectivity index (χ0n) is 17.3. The lowest BCUT2D eigenvalue weighted by atomic mass is 10.0. The van der Waals surface area contributed by atoms with Gasteiger partial charge in [-0.25, -0.2) is 4.99 Å². The Bertz CT molecular complexity index is 1030. The van der Waals surface area contributed by atoms with Crippen LogP contribution in [0, 0.1) is 0 Å². The normalized spacial score (nSPS) is 15.3. The van der Waals surface area contributed by atoms with E-state index < -0.39 is 5.78 Å². The largest absolute Gasteiger partial charge is 0.372 e. The maximum absolute atomic E-state index is 12.6. The van der Waals surface area contributed by atoms with Gasteiger partial charge < -0.3 is 10.2 Å². The van der Waals surface area contributed by atoms with Crippen molar-refractivity contribution in [3.05, 3.63) is 82.5 Å². The maximum Gasteiger partial charge on any atom is 0.255 e. The van der Waals surface area contributed by atoms with E-state index in [4.69, 9.17) is 11.6 Å². The van der Waals surface area contributed by atoms with Gasteiger partial charge in [0.1, 0.15) is 0 Å². The van der Waals surface area contributed by atoms with Gasteiger partial charge in [-0.15, -0.1) is 0 Å². The molecular weight excluding hydrogens is 398 g/mol. The van der Waals surface area contributed by atoms with Gasteiger partial charge in [0.2, 0.25) is 5.78 Å². The van der Waals surface area contributed by atoms with Gasteiger partial charge >= 0.3 is 0 Å². The Kier molecular flexibility index (Phi) is 6.85. The second kappa shape index (κ2) is 9.55. The van der Waals surface area contributed by atoms with Crippen molar-refractivity contribution in [2.24, 2.45) is 4.99 Å². The molecule has 0 spiro atoms. The van der Waals surface area contributed by atoms with Crippen molar-refractivity contribution in [2.45, 2.75) is 20.8 Å². The van der Waals surface area contributed by atoms with E-state index in [1.807, 2.05) is 30.3 Å². The van der Waals surface area contributed by atoms with Crippen molar-refractivity contribution in [1.82, 2.24) is 5.32 Å². The summed E-state index contributed by atoms with van der Waals surface area (Å²) in [6.45, 7) is 7.83. The highest BCUT2D eigenvalue weighted by molar-refractivity contribution is 6.49. The number of allylic oxidation sites excluding steroid dienone is 3. The van der Waals surface area contributed by atoms with Crippen molar-refractivity contribution in [1.29, 1.82) is 0 Å². The predicted octanol–water partition coefficient (Wildman–Crippen LogP) is 5.01. The Labute approximate surface area is 181 Å². The number of halogens is 1. The molecule has 0 unspecified atom stereocenters. The van der Waals surface area contributed by atoms with Crippen LogP contribution in [0.4, 0.5) is 11.4 Å². The molecule has 0 saturated heterocycles. The predicted molar refractivity (Wildman–Crippen MR) is 123 cm³/mol. The van der Waals surface area contributed by atoms with E-state index in [0.29, 0.717) is 16.8 Å². The number of hydrogen-bond donors (Lipinski definition) is 1. The number of rotatable bonds is 6. The quantitative estimate of drug-likeness (QED) is 0.666. The SMILES string of the molecule is CCN(CC)c1ccc(N=C2C=C(NC(=O)c3ccccc3)C(=O)C(Cl)=C2C)cc1. The molecule has 6 heteroatoms. The minimum Gasteiger partial charge on any atom is -0.372 e. The number of Topliss-reactive ketones (excluding diaryl/α,β-unsaturated/α-hetero) is 1. The van der Waals surface area contributed by atoms with Crippen LogP contribution in [0.25, 0.3) is 0 Å². The third-order valence-electron chi connectivity index (χ3n) is 4.95. The van der Waals surface area contributed by atoms with E-state index in [0.717, 1.165) is 24.5 Å². The topological polar surface area (TPSA) is 61.8 Å². The second-order valence-corrected chi connectivity index (χ2v) is 7.21. The number of nitrogens with zero attached hydrogens (tertiary/aromatic N) is 2. The average Bonchev–Trinajstić information content (AvgIpc) is 2.78. The van der Waals surface area contributed by atoms with E-state index in [1.54, 1.807) is 37.3 Å². The molecule has 0 aliphatic heterocycles. The lowest BCUT2D eigenvalue weighted by molar-refractivity contribution is -0.112. The molecule has 30 heavy (non-hydrogen) atoms. The summed E-state index contributed by atoms with van der Waals surface area (Å²) in [6.07, 6.45) is 1.57. The Morgan fingerprint density at radius 2 is 1.67 bits per heavy atom. The molecule has 1 N–H and O–H groups in total. The summed E-state index contributed by atoms with van der Waals surface area (Å²) >= 11 is 6.26. The van der Waals surface area contributed by atoms with E-state index >= 15 is 0 Å². The Balaban J connectivity index is 1.88. The molecule has 1 aliphatic rings. The van der Waals surface area contributed by atoms with E-state index in [2.05, 4.69) is 29.1 Å². The zero-order chi connectivity index (χ0) is 21.7. The summed E-state index contributed by atoms with van der Waals surface area (Å²) in [5.41, 5.74) is 3.55. The Morgan fingerprint density at radius 3 is 2.27 bits per heavy atom. The molecule has 0 aromatic heterocycles. The highest BCUT2D eigenvalue weighted by atomic mass is 35.5. The lowest BCUT2D eigenvalue weighted by Crippen LogP contribution is -2.31. The number of anilines is 1. The molecule has 1 aliphatic carbocycles. The molecule has 2 aromatic rings. The Hall–Kier alpha value is -3.18. The third-order valence-corrected chi connectivity index (χ3v) is 5.41. The van der Waals surface area contributed by atoms with Crippen LogP contribution in [0.15, 0.2) is 82.0 Å². The van der Waals surface area contributed by atoms with Gasteiger partial charge in [-0.2, -0.15) is 0 Å². The molecule has 0 bridgehead atoms. The molecule has 1 amide bonds. The van der Waals surface area contributed by atoms with Crippen LogP contribution in [0.5, 0.6) is 0 Å². The smallest absolute Gasteiger partial charge is 0.255 e. The number of nitrogens with one attached hydrogen (secondary N) is 1. The van der Waals surface area contributed by atoms with Gasteiger partial charge in [0, 0.05) is 24.3 Å². The van der Waals surface area contributed by atoms with Gasteiger partial charge in [-0.05, 0) is 68.8 Å². The minimum atomic E-state index is -0.422. The third kappa shape index (κ3) is 4.69. The molecule has 154 valence electrons. The average molecular weight is 422 g/mol. The zero-order valence-corrected chi connectivity index (χ0v) is 18.0. The summed E-state index contributed by atoms with van der Waals surface area (Å²) in [6, 6.07) is 16.6. The fourth-order valence-electron chi connectivity index (χ4n) is 3.17. The van der Waals surface area contributed by atoms with Crippen molar-refractivity contribution < 1.29 is 9.59 Å². The number of hydrogen-bond acceptors (Lipinski definition) is 4. The number of carbonyl (C=O) groups excluding carboxylic acids is 2. The van der Waals surface area contributed by atoms with Crippen LogP contribution in [0.3, 0.4) is 0 Å². The van der Waals surface area contributed by atoms with E-state index in [1.165, 1.54) is 0 Å². The van der Waals surface area contributed by atoms with Crippen LogP contribution >= 0.6 is 11.6 Å². The molecule has 0 heterocycles. The molecule has 0 saturated carbocycles. The summed E-state index contributed by atoms with van der Waals surface area (Å²) in [5, 5.41) is 2.71. The van der Waals surface area contributed by atoms with Crippen molar-refractivity contribution in [3.63, 3.8) is 0 Å². The minimum absolute atomic E-state index is 0.0550. The molecule has 3 rings (SSSR count). The number of aliphatic imine (C=N–C) groups is 1. The summed E-state index contributed by atoms with van der Waals surface area (Å²) in [4.78, 5) is 31.9. The fraction of sp³-hybridized carbons (Fsp3) is 0.208. The maximum atomic E-state index is 12.6. The Morgan fingerprint density at radius 1 is 1.03 bits per heavy atom. The second-order valence-electron chi connectivity index (χ2n) is 6.83. The van der Waals surface area contributed by atoms with Crippen LogP contribution in [-0.4, -0.2) is 30.5 Å². The standard InChI is InChI=1S/C24H24ClN3O2/c1-4-28(5-2)19-13-11-18(12-14-19)26-20-15-21(23(29)22(25)16(20)3)27-24(30)17-9-7-6-8-10-17/h6-15H,4-5H2,1-3H3,(H,27,30). The summed E-state index contributed by atoms with van der Waals surface area (Å²) < 4.78 is 0. The molecule has 5 nitrogen and oxygen atoms in total. The lowest BCUT2D eigenvalue weighted by Gasteiger charge is -2.21. The first kappa shape index (κ1) is 21.5. The molecule has 2 aromatic carbocycles. The van der Waals surface area contributed by atoms with E-state index in [9.17, 15) is 9.59 Å². The first-order valence-corrected chi connectivity index (χ1v) is 10.3. The highest BCUT2D eigenvalue weighted by Crippen LogP contribution is 2.26. The molecule has 0 atom stereocenters.